The normalized spacial score (nSPS) is 13.7. The van der Waals surface area contributed by atoms with Crippen molar-refractivity contribution in [3.05, 3.63) is 178 Å². The van der Waals surface area contributed by atoms with E-state index in [-0.39, 0.29) is 0 Å². The number of hydrogen-bond acceptors (Lipinski definition) is 0. The lowest BCUT2D eigenvalue weighted by Gasteiger charge is -2.22. The predicted octanol–water partition coefficient (Wildman–Crippen LogP) is 12.7. The van der Waals surface area contributed by atoms with Crippen molar-refractivity contribution in [1.82, 2.24) is 0 Å². The molecule has 0 bridgehead atoms. The lowest BCUT2D eigenvalue weighted by atomic mass is 9.81. The first-order valence-electron chi connectivity index (χ1n) is 17.1. The molecule has 0 amide bonds. The maximum absolute atomic E-state index is 2.48. The number of rotatable bonds is 4. The Labute approximate surface area is 281 Å². The van der Waals surface area contributed by atoms with Crippen LogP contribution in [0, 0.1) is 13.8 Å². The molecule has 0 heterocycles. The van der Waals surface area contributed by atoms with Gasteiger partial charge in [-0.05, 0) is 138 Å². The maximum Gasteiger partial charge on any atom is -0.00135 e. The van der Waals surface area contributed by atoms with Crippen molar-refractivity contribution in [3.8, 4) is 22.3 Å². The molecule has 0 unspecified atom stereocenters. The molecule has 48 heavy (non-hydrogen) atoms. The molecule has 226 valence electrons. The molecule has 0 heteroatoms. The first kappa shape index (κ1) is 27.4. The second-order valence-electron chi connectivity index (χ2n) is 13.8. The van der Waals surface area contributed by atoms with Crippen LogP contribution >= 0.6 is 0 Å². The van der Waals surface area contributed by atoms with Gasteiger partial charge in [-0.3, -0.25) is 0 Å². The molecule has 0 fully saturated rings. The zero-order valence-corrected chi connectivity index (χ0v) is 27.3. The standard InChI is InChI=1S/C48H34/c1-29-14-16-31(17-15-29)43-27-45(37-23-32-9-3-4-10-33(32)24-37)41-21-19-40-44(36-13-7-8-30(2)22-36)28-46(42-20-18-39(43)47(41)48(40)42)38-25-34-11-5-6-12-35(34)26-38/h3-23,25,27-28H,24,26H2,1-2H3. The molecular formula is C48H34. The average Bonchev–Trinajstić information content (AvgIpc) is 3.75. The van der Waals surface area contributed by atoms with Crippen LogP contribution in [0.25, 0.3) is 77.9 Å². The molecule has 0 radical (unpaired) electrons. The summed E-state index contributed by atoms with van der Waals surface area (Å²) in [5, 5.41) is 8.08. The summed E-state index contributed by atoms with van der Waals surface area (Å²) >= 11 is 0. The lowest BCUT2D eigenvalue weighted by Crippen LogP contribution is -1.97. The molecule has 0 atom stereocenters. The van der Waals surface area contributed by atoms with Crippen molar-refractivity contribution in [2.45, 2.75) is 26.7 Å². The largest absolute Gasteiger partial charge is 0.0619 e. The molecule has 8 aromatic carbocycles. The third-order valence-electron chi connectivity index (χ3n) is 10.8. The van der Waals surface area contributed by atoms with Gasteiger partial charge >= 0.3 is 0 Å². The molecule has 2 aliphatic rings. The zero-order valence-electron chi connectivity index (χ0n) is 27.3. The Bertz CT molecular complexity index is 2660. The van der Waals surface area contributed by atoms with Gasteiger partial charge in [0, 0.05) is 0 Å². The summed E-state index contributed by atoms with van der Waals surface area (Å²) in [4.78, 5) is 0. The van der Waals surface area contributed by atoms with Crippen LogP contribution in [0.2, 0.25) is 0 Å². The van der Waals surface area contributed by atoms with Crippen LogP contribution in [0.1, 0.15) is 44.5 Å². The van der Waals surface area contributed by atoms with Crippen LogP contribution in [0.15, 0.2) is 133 Å². The molecule has 0 aliphatic heterocycles. The SMILES string of the molecule is Cc1ccc(-c2cc(C3=Cc4ccccc4C3)c3ccc4c(-c5cccc(C)c5)cc(C5=Cc6ccccc6C5)c5ccc2c3c54)cc1. The van der Waals surface area contributed by atoms with Crippen LogP contribution in [0.3, 0.4) is 0 Å². The van der Waals surface area contributed by atoms with Crippen molar-refractivity contribution < 1.29 is 0 Å². The Balaban J connectivity index is 1.33. The molecule has 0 nitrogen and oxygen atoms in total. The van der Waals surface area contributed by atoms with Crippen molar-refractivity contribution in [3.63, 3.8) is 0 Å². The molecule has 0 N–H and O–H groups in total. The van der Waals surface area contributed by atoms with Crippen LogP contribution in [-0.2, 0) is 12.8 Å². The Kier molecular flexibility index (Phi) is 5.93. The van der Waals surface area contributed by atoms with E-state index in [0.29, 0.717) is 0 Å². The van der Waals surface area contributed by atoms with Crippen LogP contribution in [0.4, 0.5) is 0 Å². The summed E-state index contributed by atoms with van der Waals surface area (Å²) in [5.41, 5.74) is 18.7. The molecule has 0 saturated heterocycles. The summed E-state index contributed by atoms with van der Waals surface area (Å²) in [7, 11) is 0. The van der Waals surface area contributed by atoms with E-state index in [1.54, 1.807) is 0 Å². The number of allylic oxidation sites excluding steroid dienone is 2. The van der Waals surface area contributed by atoms with Crippen LogP contribution in [0.5, 0.6) is 0 Å². The average molecular weight is 611 g/mol. The number of benzene rings is 8. The topological polar surface area (TPSA) is 0 Å². The fourth-order valence-electron chi connectivity index (χ4n) is 8.45. The fourth-order valence-corrected chi connectivity index (χ4v) is 8.45. The second-order valence-corrected chi connectivity index (χ2v) is 13.8. The number of aryl methyl sites for hydroxylation is 2. The van der Waals surface area contributed by atoms with E-state index in [4.69, 9.17) is 0 Å². The van der Waals surface area contributed by atoms with Gasteiger partial charge in [-0.2, -0.15) is 0 Å². The van der Waals surface area contributed by atoms with Gasteiger partial charge in [0.05, 0.1) is 0 Å². The minimum Gasteiger partial charge on any atom is -0.0619 e. The van der Waals surface area contributed by atoms with Crippen molar-refractivity contribution in [1.29, 1.82) is 0 Å². The predicted molar refractivity (Wildman–Crippen MR) is 207 cm³/mol. The summed E-state index contributed by atoms with van der Waals surface area (Å²) < 4.78 is 0. The van der Waals surface area contributed by atoms with Crippen LogP contribution < -0.4 is 0 Å². The molecule has 8 aromatic rings. The lowest BCUT2D eigenvalue weighted by molar-refractivity contribution is 1.32. The minimum atomic E-state index is 0.957. The van der Waals surface area contributed by atoms with Crippen molar-refractivity contribution in [2.75, 3.05) is 0 Å². The Morgan fingerprint density at radius 1 is 0.375 bits per heavy atom. The summed E-state index contributed by atoms with van der Waals surface area (Å²) in [6.45, 7) is 4.37. The molecule has 0 spiro atoms. The van der Waals surface area contributed by atoms with Gasteiger partial charge in [0.2, 0.25) is 0 Å². The molecule has 2 aliphatic carbocycles. The number of fused-ring (bicyclic) bond motifs is 2. The van der Waals surface area contributed by atoms with E-state index in [1.807, 2.05) is 0 Å². The van der Waals surface area contributed by atoms with Crippen molar-refractivity contribution >= 4 is 55.6 Å². The third kappa shape index (κ3) is 4.16. The van der Waals surface area contributed by atoms with E-state index in [1.165, 1.54) is 110 Å². The first-order valence-corrected chi connectivity index (χ1v) is 17.1. The Hall–Kier alpha value is -5.72. The second kappa shape index (κ2) is 10.4. The van der Waals surface area contributed by atoms with Crippen molar-refractivity contribution in [2.24, 2.45) is 0 Å². The quantitative estimate of drug-likeness (QED) is 0.174. The van der Waals surface area contributed by atoms with E-state index in [2.05, 4.69) is 159 Å². The molecule has 0 aromatic heterocycles. The maximum atomic E-state index is 2.48. The highest BCUT2D eigenvalue weighted by molar-refractivity contribution is 6.31. The van der Waals surface area contributed by atoms with E-state index < -0.39 is 0 Å². The fraction of sp³-hybridized carbons (Fsp3) is 0.0833. The third-order valence-corrected chi connectivity index (χ3v) is 10.8. The van der Waals surface area contributed by atoms with Crippen LogP contribution in [-0.4, -0.2) is 0 Å². The molecular weight excluding hydrogens is 577 g/mol. The van der Waals surface area contributed by atoms with E-state index >= 15 is 0 Å². The van der Waals surface area contributed by atoms with Gasteiger partial charge in [0.1, 0.15) is 0 Å². The van der Waals surface area contributed by atoms with E-state index in [0.717, 1.165) is 12.8 Å². The number of hydrogen-bond donors (Lipinski definition) is 0. The minimum absolute atomic E-state index is 0.957. The summed E-state index contributed by atoms with van der Waals surface area (Å²) in [5.74, 6) is 0. The van der Waals surface area contributed by atoms with Gasteiger partial charge in [-0.25, -0.2) is 0 Å². The van der Waals surface area contributed by atoms with Gasteiger partial charge < -0.3 is 0 Å². The molecule has 10 rings (SSSR count). The van der Waals surface area contributed by atoms with Gasteiger partial charge in [-0.15, -0.1) is 0 Å². The first-order chi connectivity index (χ1) is 23.6. The smallest absolute Gasteiger partial charge is 0.00135 e. The summed E-state index contributed by atoms with van der Waals surface area (Å²) in [6, 6.07) is 50.4. The monoisotopic (exact) mass is 610 g/mol. The van der Waals surface area contributed by atoms with Gasteiger partial charge in [0.15, 0.2) is 0 Å². The highest BCUT2D eigenvalue weighted by Crippen LogP contribution is 2.49. The summed E-state index contributed by atoms with van der Waals surface area (Å²) in [6.07, 6.45) is 6.76. The van der Waals surface area contributed by atoms with E-state index in [9.17, 15) is 0 Å². The highest BCUT2D eigenvalue weighted by atomic mass is 14.3. The zero-order chi connectivity index (χ0) is 31.9. The molecule has 0 saturated carbocycles. The highest BCUT2D eigenvalue weighted by Gasteiger charge is 2.24. The van der Waals surface area contributed by atoms with Gasteiger partial charge in [-0.1, -0.05) is 145 Å². The Morgan fingerprint density at radius 2 is 0.875 bits per heavy atom. The van der Waals surface area contributed by atoms with Gasteiger partial charge in [0.25, 0.3) is 0 Å². The Morgan fingerprint density at radius 3 is 1.40 bits per heavy atom.